The molecule has 31 heavy (non-hydrogen) atoms. The molecule has 1 aliphatic carbocycles. The minimum atomic E-state index is -0.320. The van der Waals surface area contributed by atoms with Crippen molar-refractivity contribution in [3.63, 3.8) is 0 Å². The van der Waals surface area contributed by atoms with Gasteiger partial charge in [0.05, 0.1) is 7.11 Å². The summed E-state index contributed by atoms with van der Waals surface area (Å²) in [7, 11) is 1.57. The van der Waals surface area contributed by atoms with Crippen molar-refractivity contribution in [2.45, 2.75) is 51.0 Å². The lowest BCUT2D eigenvalue weighted by Crippen LogP contribution is -2.23. The average Bonchev–Trinajstić information content (AvgIpc) is 3.17. The second-order valence-electron chi connectivity index (χ2n) is 7.85. The fraction of sp³-hybridized carbons (Fsp3) is 0.417. The summed E-state index contributed by atoms with van der Waals surface area (Å²) in [4.78, 5) is 16.9. The molecule has 0 bridgehead atoms. The summed E-state index contributed by atoms with van der Waals surface area (Å²) in [5.41, 5.74) is 2.64. The topological polar surface area (TPSA) is 64.9 Å². The average molecular weight is 442 g/mol. The van der Waals surface area contributed by atoms with Gasteiger partial charge in [0.1, 0.15) is 17.2 Å². The van der Waals surface area contributed by atoms with E-state index < -0.39 is 0 Å². The first-order chi connectivity index (χ1) is 15.2. The standard InChI is InChI=1S/C24H28ClN3O3/c1-30-20-16-17(12-13-19(20)31-22(29)11-7-14-25)23-24(26-18-8-3-2-4-9-18)28-15-6-5-10-21(28)27-23/h5-6,10,12-13,15-16,18,26H,2-4,7-9,11,14H2,1H3. The summed E-state index contributed by atoms with van der Waals surface area (Å²) in [5, 5.41) is 3.74. The minimum Gasteiger partial charge on any atom is -0.493 e. The van der Waals surface area contributed by atoms with Crippen LogP contribution in [-0.2, 0) is 4.79 Å². The molecule has 3 aromatic rings. The van der Waals surface area contributed by atoms with Crippen LogP contribution in [0.3, 0.4) is 0 Å². The van der Waals surface area contributed by atoms with Crippen LogP contribution in [0.2, 0.25) is 0 Å². The van der Waals surface area contributed by atoms with Crippen LogP contribution >= 0.6 is 11.6 Å². The highest BCUT2D eigenvalue weighted by atomic mass is 35.5. The van der Waals surface area contributed by atoms with Crippen molar-refractivity contribution in [1.29, 1.82) is 0 Å². The molecular weight excluding hydrogens is 414 g/mol. The number of alkyl halides is 1. The molecule has 7 heteroatoms. The number of hydrogen-bond acceptors (Lipinski definition) is 5. The number of pyridine rings is 1. The van der Waals surface area contributed by atoms with Crippen molar-refractivity contribution in [3.8, 4) is 22.8 Å². The number of nitrogens with zero attached hydrogens (tertiary/aromatic N) is 2. The number of hydrogen-bond donors (Lipinski definition) is 1. The lowest BCUT2D eigenvalue weighted by molar-refractivity contribution is -0.134. The maximum Gasteiger partial charge on any atom is 0.311 e. The summed E-state index contributed by atoms with van der Waals surface area (Å²) in [6.07, 6.45) is 9.03. The molecule has 0 saturated heterocycles. The number of carbonyl (C=O) groups excluding carboxylic acids is 1. The quantitative estimate of drug-likeness (QED) is 0.277. The third kappa shape index (κ3) is 4.96. The molecule has 0 amide bonds. The van der Waals surface area contributed by atoms with E-state index >= 15 is 0 Å². The van der Waals surface area contributed by atoms with Gasteiger partial charge in [-0.15, -0.1) is 11.6 Å². The molecule has 0 spiro atoms. The number of fused-ring (bicyclic) bond motifs is 1. The molecule has 0 aliphatic heterocycles. The maximum atomic E-state index is 12.0. The van der Waals surface area contributed by atoms with Gasteiger partial charge in [0.25, 0.3) is 0 Å². The Bertz CT molecular complexity index is 1040. The number of nitrogens with one attached hydrogen (secondary N) is 1. The van der Waals surface area contributed by atoms with Crippen molar-refractivity contribution in [1.82, 2.24) is 9.38 Å². The molecule has 1 aromatic carbocycles. The largest absolute Gasteiger partial charge is 0.493 e. The van der Waals surface area contributed by atoms with Crippen LogP contribution < -0.4 is 14.8 Å². The Kier molecular flexibility index (Phi) is 6.97. The fourth-order valence-electron chi connectivity index (χ4n) is 4.06. The Morgan fingerprint density at radius 2 is 2.03 bits per heavy atom. The van der Waals surface area contributed by atoms with E-state index in [9.17, 15) is 4.79 Å². The van der Waals surface area contributed by atoms with Gasteiger partial charge in [-0.2, -0.15) is 0 Å². The number of ether oxygens (including phenoxy) is 2. The van der Waals surface area contributed by atoms with E-state index in [-0.39, 0.29) is 12.4 Å². The van der Waals surface area contributed by atoms with Crippen molar-refractivity contribution >= 4 is 29.0 Å². The second-order valence-corrected chi connectivity index (χ2v) is 8.23. The number of esters is 1. The van der Waals surface area contributed by atoms with Gasteiger partial charge in [0.2, 0.25) is 0 Å². The van der Waals surface area contributed by atoms with Crippen LogP contribution in [0.25, 0.3) is 16.9 Å². The Morgan fingerprint density at radius 1 is 1.19 bits per heavy atom. The van der Waals surface area contributed by atoms with Gasteiger partial charge in [-0.25, -0.2) is 4.98 Å². The Morgan fingerprint density at radius 3 is 2.81 bits per heavy atom. The molecule has 0 radical (unpaired) electrons. The monoisotopic (exact) mass is 441 g/mol. The highest BCUT2D eigenvalue weighted by Crippen LogP contribution is 2.37. The molecule has 1 fully saturated rings. The minimum absolute atomic E-state index is 0.274. The van der Waals surface area contributed by atoms with Gasteiger partial charge >= 0.3 is 5.97 Å². The number of carbonyl (C=O) groups is 1. The van der Waals surface area contributed by atoms with Crippen LogP contribution in [0.1, 0.15) is 44.9 Å². The van der Waals surface area contributed by atoms with E-state index in [0.717, 1.165) is 22.7 Å². The molecule has 1 N–H and O–H groups in total. The SMILES string of the molecule is COc1cc(-c2nc3ccccn3c2NC2CCCCC2)ccc1OC(=O)CCCCl. The third-order valence-electron chi connectivity index (χ3n) is 5.65. The molecule has 4 rings (SSSR count). The number of benzene rings is 1. The normalized spacial score (nSPS) is 14.5. The number of anilines is 1. The molecule has 1 saturated carbocycles. The fourth-order valence-corrected chi connectivity index (χ4v) is 4.19. The van der Waals surface area contributed by atoms with E-state index in [4.69, 9.17) is 26.1 Å². The van der Waals surface area contributed by atoms with Crippen LogP contribution in [0, 0.1) is 0 Å². The van der Waals surface area contributed by atoms with E-state index in [2.05, 4.69) is 9.72 Å². The molecule has 2 aromatic heterocycles. The first-order valence-electron chi connectivity index (χ1n) is 10.9. The molecule has 2 heterocycles. The van der Waals surface area contributed by atoms with Gasteiger partial charge < -0.3 is 14.8 Å². The second kappa shape index (κ2) is 10.1. The van der Waals surface area contributed by atoms with Gasteiger partial charge in [0.15, 0.2) is 11.5 Å². The zero-order chi connectivity index (χ0) is 21.6. The first-order valence-corrected chi connectivity index (χ1v) is 11.4. The van der Waals surface area contributed by atoms with E-state index in [1.165, 1.54) is 32.1 Å². The first kappa shape index (κ1) is 21.5. The van der Waals surface area contributed by atoms with Crippen molar-refractivity contribution < 1.29 is 14.3 Å². The van der Waals surface area contributed by atoms with Crippen molar-refractivity contribution in [2.24, 2.45) is 0 Å². The van der Waals surface area contributed by atoms with Gasteiger partial charge in [-0.3, -0.25) is 9.20 Å². The van der Waals surface area contributed by atoms with Crippen LogP contribution in [-0.4, -0.2) is 34.4 Å². The maximum absolute atomic E-state index is 12.0. The number of methoxy groups -OCH3 is 1. The molecule has 6 nitrogen and oxygen atoms in total. The highest BCUT2D eigenvalue weighted by Gasteiger charge is 2.21. The number of imidazole rings is 1. The zero-order valence-corrected chi connectivity index (χ0v) is 18.5. The third-order valence-corrected chi connectivity index (χ3v) is 5.92. The lowest BCUT2D eigenvalue weighted by Gasteiger charge is -2.24. The van der Waals surface area contributed by atoms with Crippen LogP contribution in [0.15, 0.2) is 42.6 Å². The van der Waals surface area contributed by atoms with E-state index in [1.807, 2.05) is 36.5 Å². The predicted molar refractivity (Wildman–Crippen MR) is 123 cm³/mol. The number of rotatable bonds is 8. The van der Waals surface area contributed by atoms with Crippen molar-refractivity contribution in [3.05, 3.63) is 42.6 Å². The van der Waals surface area contributed by atoms with Gasteiger partial charge in [-0.1, -0.05) is 25.3 Å². The summed E-state index contributed by atoms with van der Waals surface area (Å²) < 4.78 is 13.1. The Labute approximate surface area is 187 Å². The predicted octanol–water partition coefficient (Wildman–Crippen LogP) is 5.68. The summed E-state index contributed by atoms with van der Waals surface area (Å²) in [6.45, 7) is 0. The molecule has 1 aliphatic rings. The summed E-state index contributed by atoms with van der Waals surface area (Å²) >= 11 is 5.67. The van der Waals surface area contributed by atoms with Gasteiger partial charge in [0, 0.05) is 30.1 Å². The molecule has 0 atom stereocenters. The Hall–Kier alpha value is -2.73. The van der Waals surface area contributed by atoms with E-state index in [0.29, 0.717) is 29.8 Å². The molecule has 164 valence electrons. The highest BCUT2D eigenvalue weighted by molar-refractivity contribution is 6.17. The van der Waals surface area contributed by atoms with Gasteiger partial charge in [-0.05, 0) is 49.6 Å². The summed E-state index contributed by atoms with van der Waals surface area (Å²) in [6, 6.07) is 12.0. The number of aromatic nitrogens is 2. The van der Waals surface area contributed by atoms with Crippen molar-refractivity contribution in [2.75, 3.05) is 18.3 Å². The zero-order valence-electron chi connectivity index (χ0n) is 17.8. The smallest absolute Gasteiger partial charge is 0.311 e. The Balaban J connectivity index is 1.67. The van der Waals surface area contributed by atoms with Crippen LogP contribution in [0.5, 0.6) is 11.5 Å². The molecule has 0 unspecified atom stereocenters. The van der Waals surface area contributed by atoms with E-state index in [1.54, 1.807) is 13.2 Å². The number of halogens is 1. The molecular formula is C24H28ClN3O3. The van der Waals surface area contributed by atoms with Crippen LogP contribution in [0.4, 0.5) is 5.82 Å². The summed E-state index contributed by atoms with van der Waals surface area (Å²) in [5.74, 6) is 1.99. The lowest BCUT2D eigenvalue weighted by atomic mass is 9.95.